The number of hydrogen-bond donors (Lipinski definition) is 1. The quantitative estimate of drug-likeness (QED) is 0.666. The minimum atomic E-state index is -3.79. The molecule has 3 rings (SSSR count). The van der Waals surface area contributed by atoms with Gasteiger partial charge in [0.2, 0.25) is 16.1 Å². The molecule has 2 aromatic carbocycles. The average Bonchev–Trinajstić information content (AvgIpc) is 2.75. The maximum atomic E-state index is 13.1. The van der Waals surface area contributed by atoms with Crippen molar-refractivity contribution in [1.82, 2.24) is 4.31 Å². The standard InChI is InChI=1S/C22H28N2O6S/c1-5-24(6-2)31(26,27)20-14-16(12-13-19(20)28-7-3)23-22(25)21-15(4)29-17-10-8-9-11-18(17)30-21/h8-15,21H,5-7H2,1-4H3,(H,23,25). The molecule has 8 nitrogen and oxygen atoms in total. The molecule has 1 amide bonds. The lowest BCUT2D eigenvalue weighted by Gasteiger charge is -2.31. The Kier molecular flexibility index (Phi) is 7.07. The Labute approximate surface area is 183 Å². The maximum absolute atomic E-state index is 13.1. The van der Waals surface area contributed by atoms with E-state index in [0.717, 1.165) is 0 Å². The average molecular weight is 449 g/mol. The van der Waals surface area contributed by atoms with Crippen LogP contribution in [-0.2, 0) is 14.8 Å². The van der Waals surface area contributed by atoms with Crippen molar-refractivity contribution in [3.8, 4) is 17.2 Å². The van der Waals surface area contributed by atoms with Crippen LogP contribution in [0.4, 0.5) is 5.69 Å². The van der Waals surface area contributed by atoms with E-state index in [2.05, 4.69) is 5.32 Å². The minimum Gasteiger partial charge on any atom is -0.492 e. The molecule has 1 heterocycles. The van der Waals surface area contributed by atoms with Gasteiger partial charge in [0.05, 0.1) is 6.61 Å². The van der Waals surface area contributed by atoms with Gasteiger partial charge in [-0.25, -0.2) is 8.42 Å². The number of sulfonamides is 1. The summed E-state index contributed by atoms with van der Waals surface area (Å²) in [6.45, 7) is 8.03. The van der Waals surface area contributed by atoms with E-state index in [4.69, 9.17) is 14.2 Å². The summed E-state index contributed by atoms with van der Waals surface area (Å²) >= 11 is 0. The van der Waals surface area contributed by atoms with Crippen molar-refractivity contribution in [1.29, 1.82) is 0 Å². The Bertz CT molecular complexity index is 1040. The molecular formula is C22H28N2O6S. The molecule has 0 spiro atoms. The molecule has 0 radical (unpaired) electrons. The molecule has 0 aromatic heterocycles. The van der Waals surface area contributed by atoms with Crippen molar-refractivity contribution >= 4 is 21.6 Å². The molecular weight excluding hydrogens is 420 g/mol. The Morgan fingerprint density at radius 2 is 1.71 bits per heavy atom. The van der Waals surface area contributed by atoms with E-state index >= 15 is 0 Å². The minimum absolute atomic E-state index is 0.00931. The van der Waals surface area contributed by atoms with Crippen LogP contribution in [0.1, 0.15) is 27.7 Å². The highest BCUT2D eigenvalue weighted by atomic mass is 32.2. The van der Waals surface area contributed by atoms with Gasteiger partial charge in [0, 0.05) is 18.8 Å². The van der Waals surface area contributed by atoms with Gasteiger partial charge in [-0.05, 0) is 44.2 Å². The number of anilines is 1. The van der Waals surface area contributed by atoms with E-state index < -0.39 is 28.1 Å². The predicted molar refractivity (Wildman–Crippen MR) is 117 cm³/mol. The first-order valence-corrected chi connectivity index (χ1v) is 11.8. The number of ether oxygens (including phenoxy) is 3. The van der Waals surface area contributed by atoms with E-state index in [0.29, 0.717) is 36.9 Å². The van der Waals surface area contributed by atoms with Gasteiger partial charge in [0.1, 0.15) is 16.7 Å². The summed E-state index contributed by atoms with van der Waals surface area (Å²) in [7, 11) is -3.79. The lowest BCUT2D eigenvalue weighted by molar-refractivity contribution is -0.128. The van der Waals surface area contributed by atoms with Crippen LogP contribution in [0.2, 0.25) is 0 Å². The first-order chi connectivity index (χ1) is 14.8. The van der Waals surface area contributed by atoms with E-state index in [-0.39, 0.29) is 10.6 Å². The molecule has 2 aromatic rings. The van der Waals surface area contributed by atoms with E-state index in [1.165, 1.54) is 10.4 Å². The fourth-order valence-electron chi connectivity index (χ4n) is 3.38. The second-order valence-electron chi connectivity index (χ2n) is 6.98. The summed E-state index contributed by atoms with van der Waals surface area (Å²) < 4.78 is 44.7. The van der Waals surface area contributed by atoms with E-state index in [9.17, 15) is 13.2 Å². The zero-order valence-electron chi connectivity index (χ0n) is 18.1. The van der Waals surface area contributed by atoms with Crippen LogP contribution >= 0.6 is 0 Å². The summed E-state index contributed by atoms with van der Waals surface area (Å²) in [5, 5.41) is 2.75. The van der Waals surface area contributed by atoms with Crippen molar-refractivity contribution < 1.29 is 27.4 Å². The molecule has 0 saturated heterocycles. The maximum Gasteiger partial charge on any atom is 0.269 e. The van der Waals surface area contributed by atoms with Crippen molar-refractivity contribution in [2.24, 2.45) is 0 Å². The largest absolute Gasteiger partial charge is 0.492 e. The van der Waals surface area contributed by atoms with Crippen LogP contribution < -0.4 is 19.5 Å². The smallest absolute Gasteiger partial charge is 0.269 e. The molecule has 0 fully saturated rings. The molecule has 0 saturated carbocycles. The molecule has 0 aliphatic carbocycles. The summed E-state index contributed by atoms with van der Waals surface area (Å²) in [4.78, 5) is 12.9. The number of para-hydroxylation sites is 2. The molecule has 168 valence electrons. The van der Waals surface area contributed by atoms with Gasteiger partial charge in [-0.2, -0.15) is 4.31 Å². The molecule has 2 unspecified atom stereocenters. The number of carbonyl (C=O) groups excluding carboxylic acids is 1. The van der Waals surface area contributed by atoms with Crippen molar-refractivity contribution in [3.63, 3.8) is 0 Å². The molecule has 1 aliphatic heterocycles. The van der Waals surface area contributed by atoms with Crippen molar-refractivity contribution in [3.05, 3.63) is 42.5 Å². The van der Waals surface area contributed by atoms with Gasteiger partial charge in [0.15, 0.2) is 11.5 Å². The van der Waals surface area contributed by atoms with Gasteiger partial charge in [0.25, 0.3) is 5.91 Å². The Balaban J connectivity index is 1.87. The third-order valence-electron chi connectivity index (χ3n) is 4.94. The SMILES string of the molecule is CCOc1ccc(NC(=O)C2Oc3ccccc3OC2C)cc1S(=O)(=O)N(CC)CC. The van der Waals surface area contributed by atoms with Crippen LogP contribution in [0.15, 0.2) is 47.4 Å². The number of amides is 1. The van der Waals surface area contributed by atoms with Crippen molar-refractivity contribution in [2.45, 2.75) is 44.8 Å². The van der Waals surface area contributed by atoms with Gasteiger partial charge >= 0.3 is 0 Å². The highest BCUT2D eigenvalue weighted by molar-refractivity contribution is 7.89. The van der Waals surface area contributed by atoms with E-state index in [1.807, 2.05) is 6.07 Å². The van der Waals surface area contributed by atoms with Crippen molar-refractivity contribution in [2.75, 3.05) is 25.0 Å². The van der Waals surface area contributed by atoms with Crippen LogP contribution in [0.5, 0.6) is 17.2 Å². The van der Waals surface area contributed by atoms with Crippen LogP contribution in [0.25, 0.3) is 0 Å². The summed E-state index contributed by atoms with van der Waals surface area (Å²) in [5.74, 6) is 0.870. The number of benzene rings is 2. The number of nitrogens with zero attached hydrogens (tertiary/aromatic N) is 1. The molecule has 0 bridgehead atoms. The van der Waals surface area contributed by atoms with Gasteiger partial charge in [-0.1, -0.05) is 26.0 Å². The lowest BCUT2D eigenvalue weighted by Crippen LogP contribution is -2.46. The van der Waals surface area contributed by atoms with E-state index in [1.54, 1.807) is 58.0 Å². The summed E-state index contributed by atoms with van der Waals surface area (Å²) in [6.07, 6.45) is -1.40. The highest BCUT2D eigenvalue weighted by Crippen LogP contribution is 2.34. The Hall–Kier alpha value is -2.78. The summed E-state index contributed by atoms with van der Waals surface area (Å²) in [5.41, 5.74) is 0.328. The zero-order valence-corrected chi connectivity index (χ0v) is 18.9. The summed E-state index contributed by atoms with van der Waals surface area (Å²) in [6, 6.07) is 11.7. The molecule has 9 heteroatoms. The van der Waals surface area contributed by atoms with Crippen LogP contribution in [0.3, 0.4) is 0 Å². The first kappa shape index (κ1) is 22.9. The normalized spacial score (nSPS) is 18.0. The topological polar surface area (TPSA) is 94.2 Å². The zero-order chi connectivity index (χ0) is 22.6. The second kappa shape index (κ2) is 9.57. The van der Waals surface area contributed by atoms with Gasteiger partial charge < -0.3 is 19.5 Å². The molecule has 1 N–H and O–H groups in total. The third kappa shape index (κ3) is 4.77. The fraction of sp³-hybridized carbons (Fsp3) is 0.409. The fourth-order valence-corrected chi connectivity index (χ4v) is 5.00. The number of carbonyl (C=O) groups is 1. The second-order valence-corrected chi connectivity index (χ2v) is 8.89. The van der Waals surface area contributed by atoms with Gasteiger partial charge in [-0.15, -0.1) is 0 Å². The number of rotatable bonds is 8. The highest BCUT2D eigenvalue weighted by Gasteiger charge is 2.34. The monoisotopic (exact) mass is 448 g/mol. The Morgan fingerprint density at radius 3 is 2.32 bits per heavy atom. The molecule has 31 heavy (non-hydrogen) atoms. The Morgan fingerprint density at radius 1 is 1.06 bits per heavy atom. The number of hydrogen-bond acceptors (Lipinski definition) is 6. The molecule has 2 atom stereocenters. The van der Waals surface area contributed by atoms with Gasteiger partial charge in [-0.3, -0.25) is 4.79 Å². The third-order valence-corrected chi connectivity index (χ3v) is 7.01. The predicted octanol–water partition coefficient (Wildman–Crippen LogP) is 3.28. The van der Waals surface area contributed by atoms with Crippen LogP contribution in [-0.4, -0.2) is 50.5 Å². The first-order valence-electron chi connectivity index (χ1n) is 10.3. The lowest BCUT2D eigenvalue weighted by atomic mass is 10.1. The molecule has 1 aliphatic rings. The van der Waals surface area contributed by atoms with Crippen LogP contribution in [0, 0.1) is 0 Å². The number of nitrogens with one attached hydrogen (secondary N) is 1. The number of fused-ring (bicyclic) bond motifs is 1.